The van der Waals surface area contributed by atoms with Crippen molar-refractivity contribution in [2.45, 2.75) is 12.5 Å². The number of amides is 3. The Kier molecular flexibility index (Phi) is 11.0. The summed E-state index contributed by atoms with van der Waals surface area (Å²) in [5.41, 5.74) is 0.574. The van der Waals surface area contributed by atoms with Crippen molar-refractivity contribution >= 4 is 52.2 Å². The van der Waals surface area contributed by atoms with E-state index in [2.05, 4.69) is 53.1 Å². The fourth-order valence-electron chi connectivity index (χ4n) is 5.17. The maximum atomic E-state index is 13.2. The molecule has 246 valence electrons. The summed E-state index contributed by atoms with van der Waals surface area (Å²) in [6, 6.07) is 14.4. The maximum absolute atomic E-state index is 13.2. The first-order valence-electron chi connectivity index (χ1n) is 15.1. The summed E-state index contributed by atoms with van der Waals surface area (Å²) in [4.78, 5) is 66.4. The lowest BCUT2D eigenvalue weighted by Crippen LogP contribution is -2.45. The first-order chi connectivity index (χ1) is 22.7. The molecule has 1 aliphatic rings. The Morgan fingerprint density at radius 3 is 2.53 bits per heavy atom. The van der Waals surface area contributed by atoms with E-state index in [1.165, 1.54) is 30.5 Å². The van der Waals surface area contributed by atoms with Crippen molar-refractivity contribution in [2.75, 3.05) is 63.5 Å². The van der Waals surface area contributed by atoms with Crippen molar-refractivity contribution in [1.29, 1.82) is 0 Å². The number of hydrogen-bond acceptors (Lipinski definition) is 9. The number of hydrogen-bond donors (Lipinski definition) is 6. The fourth-order valence-corrected chi connectivity index (χ4v) is 5.33. The number of rotatable bonds is 12. The van der Waals surface area contributed by atoms with Gasteiger partial charge in [-0.1, -0.05) is 41.9 Å². The molecule has 14 nitrogen and oxygen atoms in total. The molecule has 15 heteroatoms. The van der Waals surface area contributed by atoms with Crippen LogP contribution in [0.3, 0.4) is 0 Å². The molecule has 2 aromatic carbocycles. The minimum atomic E-state index is -1.16. The molecule has 0 saturated carbocycles. The summed E-state index contributed by atoms with van der Waals surface area (Å²) in [5.74, 6) is -0.826. The Balaban J connectivity index is 1.25. The highest BCUT2D eigenvalue weighted by Gasteiger charge is 2.19. The molecule has 1 aliphatic heterocycles. The molecule has 0 bridgehead atoms. The highest BCUT2D eigenvalue weighted by atomic mass is 35.5. The summed E-state index contributed by atoms with van der Waals surface area (Å²) in [6.45, 7) is 5.67. The number of halogens is 1. The molecule has 47 heavy (non-hydrogen) atoms. The number of pyridine rings is 1. The first kappa shape index (κ1) is 33.3. The number of nitrogens with one attached hydrogen (secondary N) is 5. The molecule has 6 N–H and O–H groups in total. The van der Waals surface area contributed by atoms with Crippen molar-refractivity contribution in [3.8, 4) is 0 Å². The summed E-state index contributed by atoms with van der Waals surface area (Å²) in [5, 5.41) is 20.6. The van der Waals surface area contributed by atoms with Gasteiger partial charge in [-0.3, -0.25) is 19.3 Å². The Bertz CT molecular complexity index is 1800. The van der Waals surface area contributed by atoms with Crippen LogP contribution in [0, 0.1) is 0 Å². The Morgan fingerprint density at radius 1 is 1.02 bits per heavy atom. The standard InChI is InChI=1S/C32H36ClN9O5/c1-41-13-15-42(16-14-41)12-11-34-31-36-19-22-17-23(30(45)39-27(22)40-31)29(44)38-26-18-21(7-8-24(26)33)28(43)37-25(9-10-35-32(46)47)20-5-3-2-4-6-20/h2-8,17-19,25,35H,9-16H2,1H3,(H,37,43)(H,38,44)(H,46,47)(H2,34,36,39,40,45). The lowest BCUT2D eigenvalue weighted by molar-refractivity contribution is 0.0933. The van der Waals surface area contributed by atoms with E-state index in [-0.39, 0.29) is 34.0 Å². The third-order valence-electron chi connectivity index (χ3n) is 7.84. The molecule has 4 aromatic rings. The molecule has 1 fully saturated rings. The minimum Gasteiger partial charge on any atom is -0.465 e. The van der Waals surface area contributed by atoms with Crippen LogP contribution in [-0.2, 0) is 0 Å². The second-order valence-electron chi connectivity index (χ2n) is 11.2. The zero-order valence-electron chi connectivity index (χ0n) is 25.8. The number of nitrogens with zero attached hydrogens (tertiary/aromatic N) is 4. The molecule has 1 unspecified atom stereocenters. The van der Waals surface area contributed by atoms with E-state index in [9.17, 15) is 19.2 Å². The van der Waals surface area contributed by atoms with Gasteiger partial charge >= 0.3 is 6.09 Å². The molecular weight excluding hydrogens is 626 g/mol. The van der Waals surface area contributed by atoms with Gasteiger partial charge in [-0.25, -0.2) is 9.78 Å². The summed E-state index contributed by atoms with van der Waals surface area (Å²) in [6.07, 6.45) is 0.676. The van der Waals surface area contributed by atoms with Crippen molar-refractivity contribution in [1.82, 2.24) is 35.4 Å². The van der Waals surface area contributed by atoms with Crippen molar-refractivity contribution in [3.63, 3.8) is 0 Å². The zero-order chi connectivity index (χ0) is 33.3. The van der Waals surface area contributed by atoms with E-state index in [1.54, 1.807) is 0 Å². The number of H-pyrrole nitrogens is 1. The van der Waals surface area contributed by atoms with Gasteiger partial charge in [0.2, 0.25) is 5.95 Å². The van der Waals surface area contributed by atoms with Crippen LogP contribution in [0.5, 0.6) is 0 Å². The number of aromatic amines is 1. The molecule has 0 radical (unpaired) electrons. The Hall–Kier alpha value is -5.05. The number of piperazine rings is 1. The first-order valence-corrected chi connectivity index (χ1v) is 15.5. The summed E-state index contributed by atoms with van der Waals surface area (Å²) in [7, 11) is 2.11. The number of aromatic nitrogens is 3. The van der Waals surface area contributed by atoms with Gasteiger partial charge in [0.05, 0.1) is 16.8 Å². The number of carbonyl (C=O) groups excluding carboxylic acids is 2. The van der Waals surface area contributed by atoms with Crippen LogP contribution < -0.4 is 26.8 Å². The monoisotopic (exact) mass is 661 g/mol. The Labute approximate surface area is 275 Å². The largest absolute Gasteiger partial charge is 0.465 e. The van der Waals surface area contributed by atoms with Crippen LogP contribution in [0.1, 0.15) is 38.7 Å². The third kappa shape index (κ3) is 9.03. The van der Waals surface area contributed by atoms with Gasteiger partial charge in [-0.2, -0.15) is 4.98 Å². The van der Waals surface area contributed by atoms with Gasteiger partial charge in [0.1, 0.15) is 11.2 Å². The molecule has 3 heterocycles. The molecule has 2 aromatic heterocycles. The fraction of sp³-hybridized carbons (Fsp3) is 0.312. The normalized spacial score (nSPS) is 14.3. The minimum absolute atomic E-state index is 0.122. The number of benzene rings is 2. The van der Waals surface area contributed by atoms with Gasteiger partial charge in [0, 0.05) is 63.0 Å². The SMILES string of the molecule is CN1CCN(CCNc2ncc3cc(C(=O)Nc4cc(C(=O)NC(CCNC(=O)O)c5ccccc5)ccc4Cl)c(=O)[nH]c3n2)CC1. The number of anilines is 2. The highest BCUT2D eigenvalue weighted by molar-refractivity contribution is 6.34. The third-order valence-corrected chi connectivity index (χ3v) is 8.17. The molecule has 5 rings (SSSR count). The number of fused-ring (bicyclic) bond motifs is 1. The van der Waals surface area contributed by atoms with Crippen LogP contribution in [0.2, 0.25) is 5.02 Å². The van der Waals surface area contributed by atoms with Gasteiger partial charge in [0.15, 0.2) is 0 Å². The van der Waals surface area contributed by atoms with E-state index in [0.717, 1.165) is 38.3 Å². The summed E-state index contributed by atoms with van der Waals surface area (Å²) < 4.78 is 0. The molecule has 0 aliphatic carbocycles. The quantitative estimate of drug-likeness (QED) is 0.132. The van der Waals surface area contributed by atoms with E-state index in [1.807, 2.05) is 30.3 Å². The highest BCUT2D eigenvalue weighted by Crippen LogP contribution is 2.25. The number of likely N-dealkylation sites (N-methyl/N-ethyl adjacent to an activating group) is 1. The van der Waals surface area contributed by atoms with Crippen LogP contribution in [0.25, 0.3) is 11.0 Å². The lowest BCUT2D eigenvalue weighted by atomic mass is 10.0. The van der Waals surface area contributed by atoms with Crippen LogP contribution in [0.4, 0.5) is 16.4 Å². The maximum Gasteiger partial charge on any atom is 0.404 e. The van der Waals surface area contributed by atoms with E-state index >= 15 is 0 Å². The van der Waals surface area contributed by atoms with Gasteiger partial charge in [0.25, 0.3) is 17.4 Å². The Morgan fingerprint density at radius 2 is 1.79 bits per heavy atom. The molecule has 1 saturated heterocycles. The van der Waals surface area contributed by atoms with Crippen molar-refractivity contribution < 1.29 is 19.5 Å². The molecular formula is C32H36ClN9O5. The number of carboxylic acid groups (broad SMARTS) is 1. The average molecular weight is 662 g/mol. The van der Waals surface area contributed by atoms with Gasteiger partial charge < -0.3 is 36.3 Å². The smallest absolute Gasteiger partial charge is 0.404 e. The predicted octanol–water partition coefficient (Wildman–Crippen LogP) is 3.01. The molecule has 0 spiro atoms. The topological polar surface area (TPSA) is 185 Å². The predicted molar refractivity (Wildman–Crippen MR) is 179 cm³/mol. The second-order valence-corrected chi connectivity index (χ2v) is 11.6. The van der Waals surface area contributed by atoms with E-state index in [0.29, 0.717) is 24.3 Å². The van der Waals surface area contributed by atoms with Crippen LogP contribution >= 0.6 is 11.6 Å². The van der Waals surface area contributed by atoms with E-state index < -0.39 is 29.5 Å². The zero-order valence-corrected chi connectivity index (χ0v) is 26.5. The molecule has 1 atom stereocenters. The van der Waals surface area contributed by atoms with Crippen molar-refractivity contribution in [3.05, 3.63) is 92.9 Å². The van der Waals surface area contributed by atoms with Gasteiger partial charge in [-0.05, 0) is 43.3 Å². The van der Waals surface area contributed by atoms with Crippen LogP contribution in [0.15, 0.2) is 65.6 Å². The average Bonchev–Trinajstić information content (AvgIpc) is 3.06. The lowest BCUT2D eigenvalue weighted by Gasteiger charge is -2.32. The summed E-state index contributed by atoms with van der Waals surface area (Å²) >= 11 is 6.35. The number of carbonyl (C=O) groups is 3. The molecule has 3 amide bonds. The van der Waals surface area contributed by atoms with E-state index in [4.69, 9.17) is 16.7 Å². The van der Waals surface area contributed by atoms with Crippen LogP contribution in [-0.4, -0.2) is 101 Å². The second kappa shape index (κ2) is 15.5. The van der Waals surface area contributed by atoms with Crippen molar-refractivity contribution in [2.24, 2.45) is 0 Å². The van der Waals surface area contributed by atoms with Gasteiger partial charge in [-0.15, -0.1) is 0 Å².